The first-order valence-corrected chi connectivity index (χ1v) is 6.30. The number of hydrogen-bond acceptors (Lipinski definition) is 2. The third kappa shape index (κ3) is 3.46. The molecule has 0 aliphatic rings. The molecule has 1 rings (SSSR count). The van der Waals surface area contributed by atoms with Crippen LogP contribution in [0.1, 0.15) is 16.7 Å². The van der Waals surface area contributed by atoms with Crippen LogP contribution < -0.4 is 4.74 Å². The Morgan fingerprint density at radius 1 is 1.35 bits per heavy atom. The van der Waals surface area contributed by atoms with Crippen LogP contribution in [0.2, 0.25) is 0 Å². The quantitative estimate of drug-likeness (QED) is 0.631. The standard InChI is InChI=1S/C13H18BrNO2/c1-9-10(2)12(17-4)6-5-11(9)7-8-15(3)13(14)16/h5-6H,7-8H2,1-4H3. The molecule has 0 atom stereocenters. The number of likely N-dealkylation sites (N-methyl/N-ethyl adjacent to an activating group) is 1. The van der Waals surface area contributed by atoms with Crippen molar-refractivity contribution in [3.05, 3.63) is 28.8 Å². The summed E-state index contributed by atoms with van der Waals surface area (Å²) in [7, 11) is 3.46. The zero-order valence-corrected chi connectivity index (χ0v) is 12.3. The van der Waals surface area contributed by atoms with Gasteiger partial charge in [-0.05, 0) is 43.0 Å². The smallest absolute Gasteiger partial charge is 0.289 e. The molecule has 0 spiro atoms. The molecule has 94 valence electrons. The van der Waals surface area contributed by atoms with Crippen molar-refractivity contribution < 1.29 is 9.53 Å². The monoisotopic (exact) mass is 299 g/mol. The van der Waals surface area contributed by atoms with Crippen LogP contribution in [0.4, 0.5) is 4.79 Å². The van der Waals surface area contributed by atoms with E-state index in [2.05, 4.69) is 35.8 Å². The number of amides is 1. The number of nitrogens with zero attached hydrogens (tertiary/aromatic N) is 1. The normalized spacial score (nSPS) is 10.2. The van der Waals surface area contributed by atoms with Crippen LogP contribution >= 0.6 is 15.9 Å². The van der Waals surface area contributed by atoms with E-state index >= 15 is 0 Å². The minimum atomic E-state index is -0.0830. The molecule has 0 radical (unpaired) electrons. The molecule has 0 aliphatic carbocycles. The molecule has 1 aromatic rings. The van der Waals surface area contributed by atoms with Gasteiger partial charge in [0, 0.05) is 29.5 Å². The Bertz CT molecular complexity index is 418. The Labute approximate surface area is 111 Å². The molecule has 0 N–H and O–H groups in total. The van der Waals surface area contributed by atoms with E-state index in [9.17, 15) is 4.79 Å². The molecule has 1 aromatic carbocycles. The number of halogens is 1. The number of benzene rings is 1. The summed E-state index contributed by atoms with van der Waals surface area (Å²) in [4.78, 5) is 12.6. The van der Waals surface area contributed by atoms with Crippen LogP contribution in [0, 0.1) is 13.8 Å². The highest BCUT2D eigenvalue weighted by Crippen LogP contribution is 2.24. The molecule has 1 amide bonds. The number of methoxy groups -OCH3 is 1. The highest BCUT2D eigenvalue weighted by atomic mass is 79.9. The predicted molar refractivity (Wildman–Crippen MR) is 73.1 cm³/mol. The van der Waals surface area contributed by atoms with E-state index in [1.54, 1.807) is 19.1 Å². The van der Waals surface area contributed by atoms with Gasteiger partial charge in [-0.2, -0.15) is 0 Å². The summed E-state index contributed by atoms with van der Waals surface area (Å²) < 4.78 is 5.27. The van der Waals surface area contributed by atoms with E-state index in [1.807, 2.05) is 6.07 Å². The van der Waals surface area contributed by atoms with Gasteiger partial charge in [-0.15, -0.1) is 0 Å². The number of carbonyl (C=O) groups is 1. The van der Waals surface area contributed by atoms with Gasteiger partial charge in [-0.1, -0.05) is 6.07 Å². The minimum Gasteiger partial charge on any atom is -0.496 e. The predicted octanol–water partition coefficient (Wildman–Crippen LogP) is 3.30. The Morgan fingerprint density at radius 3 is 2.53 bits per heavy atom. The van der Waals surface area contributed by atoms with Crippen molar-refractivity contribution in [2.75, 3.05) is 20.7 Å². The fourth-order valence-corrected chi connectivity index (χ4v) is 1.90. The van der Waals surface area contributed by atoms with Gasteiger partial charge in [0.2, 0.25) is 0 Å². The molecule has 0 saturated heterocycles. The number of ether oxygens (including phenoxy) is 1. The molecule has 4 heteroatoms. The molecule has 0 aliphatic heterocycles. The van der Waals surface area contributed by atoms with Gasteiger partial charge in [-0.25, -0.2) is 0 Å². The van der Waals surface area contributed by atoms with E-state index < -0.39 is 0 Å². The second kappa shape index (κ2) is 6.05. The van der Waals surface area contributed by atoms with Gasteiger partial charge < -0.3 is 9.64 Å². The molecule has 0 unspecified atom stereocenters. The van der Waals surface area contributed by atoms with Gasteiger partial charge in [-0.3, -0.25) is 4.79 Å². The van der Waals surface area contributed by atoms with Crippen molar-refractivity contribution in [2.45, 2.75) is 20.3 Å². The summed E-state index contributed by atoms with van der Waals surface area (Å²) in [6.07, 6.45) is 0.852. The van der Waals surface area contributed by atoms with Crippen LogP contribution in [-0.2, 0) is 6.42 Å². The molecule has 0 aromatic heterocycles. The average Bonchev–Trinajstić information content (AvgIpc) is 2.30. The third-order valence-electron chi connectivity index (χ3n) is 3.09. The van der Waals surface area contributed by atoms with Crippen molar-refractivity contribution in [1.29, 1.82) is 0 Å². The molecule has 0 heterocycles. The van der Waals surface area contributed by atoms with Crippen LogP contribution in [0.15, 0.2) is 12.1 Å². The van der Waals surface area contributed by atoms with Gasteiger partial charge in [0.1, 0.15) is 5.75 Å². The van der Waals surface area contributed by atoms with Crippen molar-refractivity contribution in [3.63, 3.8) is 0 Å². The first kappa shape index (κ1) is 14.0. The second-order valence-electron chi connectivity index (χ2n) is 4.10. The zero-order valence-electron chi connectivity index (χ0n) is 10.7. The largest absolute Gasteiger partial charge is 0.496 e. The lowest BCUT2D eigenvalue weighted by Crippen LogP contribution is -2.23. The molecular weight excluding hydrogens is 282 g/mol. The van der Waals surface area contributed by atoms with Crippen molar-refractivity contribution >= 4 is 20.7 Å². The maximum Gasteiger partial charge on any atom is 0.289 e. The summed E-state index contributed by atoms with van der Waals surface area (Å²) in [5.74, 6) is 0.913. The summed E-state index contributed by atoms with van der Waals surface area (Å²) >= 11 is 2.94. The fraction of sp³-hybridized carbons (Fsp3) is 0.462. The Balaban J connectivity index is 2.79. The molecule has 0 saturated carbocycles. The topological polar surface area (TPSA) is 29.5 Å². The van der Waals surface area contributed by atoms with Crippen molar-refractivity contribution in [2.24, 2.45) is 0 Å². The molecular formula is C13H18BrNO2. The number of rotatable bonds is 4. The van der Waals surface area contributed by atoms with E-state index in [1.165, 1.54) is 11.1 Å². The third-order valence-corrected chi connectivity index (χ3v) is 3.69. The molecule has 17 heavy (non-hydrogen) atoms. The van der Waals surface area contributed by atoms with Crippen molar-refractivity contribution in [1.82, 2.24) is 4.90 Å². The van der Waals surface area contributed by atoms with E-state index in [-0.39, 0.29) is 4.82 Å². The molecule has 0 fully saturated rings. The summed E-state index contributed by atoms with van der Waals surface area (Å²) in [6, 6.07) is 4.04. The van der Waals surface area contributed by atoms with Gasteiger partial charge in [0.25, 0.3) is 4.82 Å². The van der Waals surface area contributed by atoms with E-state index in [0.29, 0.717) is 6.54 Å². The van der Waals surface area contributed by atoms with E-state index in [4.69, 9.17) is 4.74 Å². The van der Waals surface area contributed by atoms with E-state index in [0.717, 1.165) is 17.7 Å². The highest BCUT2D eigenvalue weighted by molar-refractivity contribution is 9.18. The van der Waals surface area contributed by atoms with Crippen LogP contribution in [0.25, 0.3) is 0 Å². The second-order valence-corrected chi connectivity index (χ2v) is 4.78. The lowest BCUT2D eigenvalue weighted by molar-refractivity contribution is 0.235. The van der Waals surface area contributed by atoms with Crippen LogP contribution in [0.5, 0.6) is 5.75 Å². The Morgan fingerprint density at radius 2 is 2.00 bits per heavy atom. The first-order chi connectivity index (χ1) is 7.97. The van der Waals surface area contributed by atoms with Gasteiger partial charge in [0.15, 0.2) is 0 Å². The molecule has 3 nitrogen and oxygen atoms in total. The van der Waals surface area contributed by atoms with Gasteiger partial charge in [0.05, 0.1) is 7.11 Å². The van der Waals surface area contributed by atoms with Crippen LogP contribution in [-0.4, -0.2) is 30.4 Å². The lowest BCUT2D eigenvalue weighted by Gasteiger charge is -2.16. The number of carbonyl (C=O) groups excluding carboxylic acids is 1. The fourth-order valence-electron chi connectivity index (χ4n) is 1.72. The van der Waals surface area contributed by atoms with Crippen molar-refractivity contribution in [3.8, 4) is 5.75 Å². The summed E-state index contributed by atoms with van der Waals surface area (Å²) in [6.45, 7) is 4.84. The molecule has 0 bridgehead atoms. The first-order valence-electron chi connectivity index (χ1n) is 5.51. The highest BCUT2D eigenvalue weighted by Gasteiger charge is 2.09. The maximum absolute atomic E-state index is 11.0. The summed E-state index contributed by atoms with van der Waals surface area (Å²) in [5, 5.41) is 0. The van der Waals surface area contributed by atoms with Gasteiger partial charge >= 0.3 is 0 Å². The number of hydrogen-bond donors (Lipinski definition) is 0. The maximum atomic E-state index is 11.0. The Kier molecular flexibility index (Phi) is 5.00. The lowest BCUT2D eigenvalue weighted by atomic mass is 10.00. The summed E-state index contributed by atoms with van der Waals surface area (Å²) in [5.41, 5.74) is 3.65. The average molecular weight is 300 g/mol. The SMILES string of the molecule is COc1ccc(CCN(C)C(=O)Br)c(C)c1C. The van der Waals surface area contributed by atoms with Crippen LogP contribution in [0.3, 0.4) is 0 Å². The zero-order chi connectivity index (χ0) is 13.0. The minimum absolute atomic E-state index is 0.0830. The Hall–Kier alpha value is -1.03.